The van der Waals surface area contributed by atoms with Crippen LogP contribution in [0.4, 0.5) is 10.5 Å². The van der Waals surface area contributed by atoms with Crippen molar-refractivity contribution in [2.24, 2.45) is 0 Å². The van der Waals surface area contributed by atoms with Gasteiger partial charge in [0.2, 0.25) is 0 Å². The summed E-state index contributed by atoms with van der Waals surface area (Å²) in [4.78, 5) is 23.9. The highest BCUT2D eigenvalue weighted by Gasteiger charge is 2.21. The first kappa shape index (κ1) is 20.5. The van der Waals surface area contributed by atoms with E-state index in [1.54, 1.807) is 24.3 Å². The smallest absolute Gasteiger partial charge is 0.407 e. The fourth-order valence-electron chi connectivity index (χ4n) is 2.84. The lowest BCUT2D eigenvalue weighted by Crippen LogP contribution is -2.23. The minimum atomic E-state index is -0.638. The van der Waals surface area contributed by atoms with E-state index in [1.807, 2.05) is 36.4 Å². The number of nitrogens with one attached hydrogen (secondary N) is 1. The van der Waals surface area contributed by atoms with Crippen LogP contribution in [0.5, 0.6) is 0 Å². The Morgan fingerprint density at radius 2 is 1.80 bits per heavy atom. The molecule has 0 radical (unpaired) electrons. The van der Waals surface area contributed by atoms with Crippen molar-refractivity contribution in [3.63, 3.8) is 0 Å². The van der Waals surface area contributed by atoms with E-state index in [0.717, 1.165) is 11.1 Å². The van der Waals surface area contributed by atoms with E-state index in [1.165, 1.54) is 17.9 Å². The molecule has 0 spiro atoms. The van der Waals surface area contributed by atoms with E-state index in [4.69, 9.17) is 15.2 Å². The Bertz CT molecular complexity index is 1080. The molecule has 3 aromatic rings. The van der Waals surface area contributed by atoms with Crippen LogP contribution in [0.3, 0.4) is 0 Å². The Labute approximate surface area is 173 Å². The van der Waals surface area contributed by atoms with E-state index in [2.05, 4.69) is 5.32 Å². The van der Waals surface area contributed by atoms with Gasteiger partial charge in [-0.25, -0.2) is 9.59 Å². The number of ether oxygens (including phenoxy) is 2. The normalized spacial score (nSPS) is 10.1. The maximum Gasteiger partial charge on any atom is 0.407 e. The third kappa shape index (κ3) is 4.59. The average molecular weight is 404 g/mol. The van der Waals surface area contributed by atoms with Crippen molar-refractivity contribution in [1.82, 2.24) is 9.88 Å². The van der Waals surface area contributed by atoms with Gasteiger partial charge in [0.05, 0.1) is 18.4 Å². The van der Waals surface area contributed by atoms with Gasteiger partial charge in [-0.05, 0) is 23.3 Å². The van der Waals surface area contributed by atoms with Crippen molar-refractivity contribution in [2.75, 3.05) is 12.8 Å². The van der Waals surface area contributed by atoms with Crippen LogP contribution in [-0.2, 0) is 22.6 Å². The molecule has 0 aliphatic rings. The van der Waals surface area contributed by atoms with Crippen LogP contribution in [0.25, 0.3) is 5.69 Å². The lowest BCUT2D eigenvalue weighted by Gasteiger charge is -2.10. The molecule has 0 saturated carbocycles. The number of nitrogens with zero attached hydrogens (tertiary/aromatic N) is 2. The highest BCUT2D eigenvalue weighted by Crippen LogP contribution is 2.24. The number of hydrogen-bond donors (Lipinski definition) is 2. The van der Waals surface area contributed by atoms with Crippen molar-refractivity contribution in [2.45, 2.75) is 13.2 Å². The van der Waals surface area contributed by atoms with Gasteiger partial charge in [0.1, 0.15) is 12.7 Å². The molecule has 0 atom stereocenters. The van der Waals surface area contributed by atoms with Crippen LogP contribution < -0.4 is 11.1 Å². The summed E-state index contributed by atoms with van der Waals surface area (Å²) in [5.74, 6) is -0.638. The molecule has 3 rings (SSSR count). The van der Waals surface area contributed by atoms with Gasteiger partial charge >= 0.3 is 12.1 Å². The quantitative estimate of drug-likeness (QED) is 0.609. The van der Waals surface area contributed by atoms with E-state index < -0.39 is 12.1 Å². The molecular formula is C22H20N4O4. The number of methoxy groups -OCH3 is 1. The molecule has 3 N–H and O–H groups in total. The van der Waals surface area contributed by atoms with E-state index in [-0.39, 0.29) is 30.1 Å². The molecule has 0 fully saturated rings. The zero-order valence-electron chi connectivity index (χ0n) is 16.3. The number of carbonyl (C=O) groups excluding carboxylic acids is 2. The Morgan fingerprint density at radius 1 is 1.10 bits per heavy atom. The third-order valence-corrected chi connectivity index (χ3v) is 4.41. The molecule has 30 heavy (non-hydrogen) atoms. The third-order valence-electron chi connectivity index (χ3n) is 4.41. The fourth-order valence-corrected chi connectivity index (χ4v) is 2.84. The van der Waals surface area contributed by atoms with Crippen LogP contribution in [0.1, 0.15) is 27.2 Å². The highest BCUT2D eigenvalue weighted by molar-refractivity contribution is 5.95. The van der Waals surface area contributed by atoms with Crippen LogP contribution in [-0.4, -0.2) is 23.7 Å². The number of hydrogen-bond acceptors (Lipinski definition) is 6. The minimum absolute atomic E-state index is 0.0660. The zero-order chi connectivity index (χ0) is 21.5. The molecule has 0 aliphatic carbocycles. The van der Waals surface area contributed by atoms with Gasteiger partial charge in [-0.1, -0.05) is 42.5 Å². The second-order valence-corrected chi connectivity index (χ2v) is 6.36. The van der Waals surface area contributed by atoms with Crippen molar-refractivity contribution >= 4 is 17.7 Å². The summed E-state index contributed by atoms with van der Waals surface area (Å²) >= 11 is 0. The number of nitrogen functional groups attached to an aromatic ring is 1. The number of nitriles is 1. The van der Waals surface area contributed by atoms with E-state index in [0.29, 0.717) is 5.69 Å². The summed E-state index contributed by atoms with van der Waals surface area (Å²) in [6.07, 6.45) is 0.961. The summed E-state index contributed by atoms with van der Waals surface area (Å²) in [6.45, 7) is 0.465. The molecule has 0 unspecified atom stereocenters. The summed E-state index contributed by atoms with van der Waals surface area (Å²) in [7, 11) is 1.25. The number of amides is 1. The number of anilines is 1. The molecule has 0 aliphatic heterocycles. The van der Waals surface area contributed by atoms with Crippen LogP contribution in [0.15, 0.2) is 60.8 Å². The summed E-state index contributed by atoms with van der Waals surface area (Å²) in [6, 6.07) is 18.4. The molecule has 8 nitrogen and oxygen atoms in total. The second kappa shape index (κ2) is 9.30. The number of alkyl carbamates (subject to hydrolysis) is 1. The molecule has 1 heterocycles. The van der Waals surface area contributed by atoms with Gasteiger partial charge in [-0.3, -0.25) is 0 Å². The topological polar surface area (TPSA) is 119 Å². The number of esters is 1. The first-order valence-corrected chi connectivity index (χ1v) is 9.06. The highest BCUT2D eigenvalue weighted by atomic mass is 16.5. The first-order chi connectivity index (χ1) is 14.5. The summed E-state index contributed by atoms with van der Waals surface area (Å²) < 4.78 is 11.5. The molecule has 0 bridgehead atoms. The van der Waals surface area contributed by atoms with Gasteiger partial charge in [-0.15, -0.1) is 0 Å². The zero-order valence-corrected chi connectivity index (χ0v) is 16.3. The Balaban J connectivity index is 1.65. The molecule has 2 aromatic carbocycles. The Hall–Kier alpha value is -4.25. The lowest BCUT2D eigenvalue weighted by molar-refractivity contribution is 0.0593. The fraction of sp³-hybridized carbons (Fsp3) is 0.136. The molecule has 8 heteroatoms. The first-order valence-electron chi connectivity index (χ1n) is 9.06. The maximum absolute atomic E-state index is 12.1. The SMILES string of the molecule is COC(=O)c1c(N)c(C#N)cn1-c1ccc(CNC(=O)OCc2ccccc2)cc1. The number of aromatic nitrogens is 1. The predicted octanol–water partition coefficient (Wildman–Crippen LogP) is 3.14. The Morgan fingerprint density at radius 3 is 2.43 bits per heavy atom. The van der Waals surface area contributed by atoms with Crippen molar-refractivity contribution < 1.29 is 19.1 Å². The largest absolute Gasteiger partial charge is 0.464 e. The van der Waals surface area contributed by atoms with Crippen molar-refractivity contribution in [3.05, 3.63) is 83.2 Å². The van der Waals surface area contributed by atoms with Crippen LogP contribution >= 0.6 is 0 Å². The average Bonchev–Trinajstić information content (AvgIpc) is 3.13. The van der Waals surface area contributed by atoms with Crippen molar-refractivity contribution in [3.8, 4) is 11.8 Å². The summed E-state index contributed by atoms with van der Waals surface area (Å²) in [5, 5.41) is 11.9. The predicted molar refractivity (Wildman–Crippen MR) is 110 cm³/mol. The molecule has 1 amide bonds. The van der Waals surface area contributed by atoms with Gasteiger partial charge < -0.3 is 25.1 Å². The number of nitrogens with two attached hydrogens (primary N) is 1. The standard InChI is InChI=1S/C22H20N4O4/c1-29-21(27)20-19(24)17(11-23)13-26(20)18-9-7-15(8-10-18)12-25-22(28)30-14-16-5-3-2-4-6-16/h2-10,13H,12,14,24H2,1H3,(H,25,28). The minimum Gasteiger partial charge on any atom is -0.464 e. The summed E-state index contributed by atoms with van der Waals surface area (Å²) in [5.41, 5.74) is 8.60. The lowest BCUT2D eigenvalue weighted by atomic mass is 10.2. The number of rotatable bonds is 6. The number of benzene rings is 2. The number of carbonyl (C=O) groups is 2. The van der Waals surface area contributed by atoms with E-state index in [9.17, 15) is 14.9 Å². The molecule has 0 saturated heterocycles. The second-order valence-electron chi connectivity index (χ2n) is 6.36. The van der Waals surface area contributed by atoms with Gasteiger partial charge in [0.25, 0.3) is 0 Å². The van der Waals surface area contributed by atoms with Crippen LogP contribution in [0.2, 0.25) is 0 Å². The van der Waals surface area contributed by atoms with Gasteiger partial charge in [0.15, 0.2) is 5.69 Å². The van der Waals surface area contributed by atoms with Crippen LogP contribution in [0, 0.1) is 11.3 Å². The van der Waals surface area contributed by atoms with Gasteiger partial charge in [0, 0.05) is 18.4 Å². The molecule has 152 valence electrons. The molecule has 1 aromatic heterocycles. The monoisotopic (exact) mass is 404 g/mol. The maximum atomic E-state index is 12.1. The van der Waals surface area contributed by atoms with E-state index >= 15 is 0 Å². The van der Waals surface area contributed by atoms with Gasteiger partial charge in [-0.2, -0.15) is 5.26 Å². The van der Waals surface area contributed by atoms with Crippen molar-refractivity contribution in [1.29, 1.82) is 5.26 Å². The molecular weight excluding hydrogens is 384 g/mol. The Kier molecular flexibility index (Phi) is 6.35.